The van der Waals surface area contributed by atoms with Crippen molar-refractivity contribution in [3.63, 3.8) is 0 Å². The van der Waals surface area contributed by atoms with Crippen LogP contribution in [0.1, 0.15) is 22.8 Å². The molecule has 3 aromatic rings. The average Bonchev–Trinajstić information content (AvgIpc) is 3.29. The Labute approximate surface area is 178 Å². The molecule has 0 bridgehead atoms. The van der Waals surface area contributed by atoms with Gasteiger partial charge in [-0.2, -0.15) is 0 Å². The van der Waals surface area contributed by atoms with E-state index in [0.29, 0.717) is 16.9 Å². The number of anilines is 2. The maximum Gasteiger partial charge on any atom is 0.371 e. The number of amides is 1. The van der Waals surface area contributed by atoms with Crippen LogP contribution in [0.25, 0.3) is 10.4 Å². The van der Waals surface area contributed by atoms with E-state index in [-0.39, 0.29) is 5.56 Å². The van der Waals surface area contributed by atoms with Crippen LogP contribution in [0.2, 0.25) is 0 Å². The zero-order valence-corrected chi connectivity index (χ0v) is 18.4. The van der Waals surface area contributed by atoms with Gasteiger partial charge in [0.15, 0.2) is 0 Å². The number of nitrogens with two attached hydrogens (primary N) is 1. The highest BCUT2D eigenvalue weighted by atomic mass is 32.1. The van der Waals surface area contributed by atoms with Gasteiger partial charge in [0, 0.05) is 30.2 Å². The van der Waals surface area contributed by atoms with Gasteiger partial charge in [0.25, 0.3) is 5.91 Å². The highest BCUT2D eigenvalue weighted by Crippen LogP contribution is 2.64. The Morgan fingerprint density at radius 2 is 1.80 bits per heavy atom. The summed E-state index contributed by atoms with van der Waals surface area (Å²) in [5.41, 5.74) is 8.22. The van der Waals surface area contributed by atoms with Gasteiger partial charge in [0.2, 0.25) is 5.41 Å². The number of nitrogen functional groups attached to an aromatic ring is 1. The van der Waals surface area contributed by atoms with Gasteiger partial charge in [0.05, 0.1) is 11.4 Å². The number of hydrogen-bond donors (Lipinski definition) is 2. The second kappa shape index (κ2) is 8.70. The quantitative estimate of drug-likeness (QED) is 0.348. The van der Waals surface area contributed by atoms with Crippen molar-refractivity contribution in [3.05, 3.63) is 71.1 Å². The number of benzene rings is 2. The van der Waals surface area contributed by atoms with Crippen molar-refractivity contribution in [1.82, 2.24) is 0 Å². The summed E-state index contributed by atoms with van der Waals surface area (Å²) in [6.07, 6.45) is 0. The fourth-order valence-corrected chi connectivity index (χ4v) is 4.98. The minimum Gasteiger partial charge on any atom is -0.397 e. The molecule has 1 unspecified atom stereocenters. The number of rotatable bonds is 7. The number of carbonyl (C=O) groups excluding carboxylic acids is 1. The lowest BCUT2D eigenvalue weighted by molar-refractivity contribution is 0.102. The van der Waals surface area contributed by atoms with Crippen molar-refractivity contribution in [3.8, 4) is 10.4 Å². The molecule has 1 amide bonds. The van der Waals surface area contributed by atoms with Crippen LogP contribution in [0.5, 0.6) is 0 Å². The van der Waals surface area contributed by atoms with E-state index in [2.05, 4.69) is 5.32 Å². The van der Waals surface area contributed by atoms with E-state index < -0.39 is 18.9 Å². The predicted molar refractivity (Wildman–Crippen MR) is 119 cm³/mol. The molecule has 1 atom stereocenters. The molecule has 0 aliphatic carbocycles. The molecule has 1 aromatic heterocycles. The Kier molecular flexibility index (Phi) is 6.43. The van der Waals surface area contributed by atoms with E-state index in [9.17, 15) is 9.36 Å². The first-order valence-corrected chi connectivity index (χ1v) is 11.4. The number of thiophene rings is 1. The van der Waals surface area contributed by atoms with Crippen LogP contribution in [0.3, 0.4) is 0 Å². The Hall–Kier alpha value is -2.51. The molecule has 0 radical (unpaired) electrons. The monoisotopic (exact) mass is 448 g/mol. The molecule has 2 aromatic carbocycles. The first kappa shape index (κ1) is 22.2. The van der Waals surface area contributed by atoms with Crippen molar-refractivity contribution >= 4 is 36.2 Å². The highest BCUT2D eigenvalue weighted by molar-refractivity contribution is 7.54. The lowest BCUT2D eigenvalue weighted by Gasteiger charge is -2.27. The normalized spacial score (nSPS) is 13.6. The molecule has 30 heavy (non-hydrogen) atoms. The largest absolute Gasteiger partial charge is 0.397 e. The number of alkyl halides is 1. The molecular formula is C21H22FN2O4PS. The lowest BCUT2D eigenvalue weighted by Crippen LogP contribution is -2.19. The topological polar surface area (TPSA) is 90.6 Å². The Bertz CT molecular complexity index is 1080. The minimum atomic E-state index is -4.02. The smallest absolute Gasteiger partial charge is 0.371 e. The average molecular weight is 448 g/mol. The SMILES string of the molecule is COP(=O)(OC)C(C)(F)c1ccc(C(=O)Nc2cc(-c3cccs3)ccc2N)cc1. The summed E-state index contributed by atoms with van der Waals surface area (Å²) in [5.74, 6) is -0.404. The molecule has 0 saturated carbocycles. The Morgan fingerprint density at radius 3 is 2.37 bits per heavy atom. The van der Waals surface area contributed by atoms with Gasteiger partial charge in [-0.15, -0.1) is 11.3 Å². The van der Waals surface area contributed by atoms with Crippen LogP contribution in [0.15, 0.2) is 60.0 Å². The number of hydrogen-bond acceptors (Lipinski definition) is 6. The molecule has 158 valence electrons. The second-order valence-corrected chi connectivity index (χ2v) is 10.1. The van der Waals surface area contributed by atoms with Gasteiger partial charge in [-0.3, -0.25) is 9.36 Å². The van der Waals surface area contributed by atoms with Crippen LogP contribution in [-0.4, -0.2) is 20.1 Å². The molecule has 3 rings (SSSR count). The maximum atomic E-state index is 15.2. The molecule has 9 heteroatoms. The summed E-state index contributed by atoms with van der Waals surface area (Å²) >= 11 is 1.58. The lowest BCUT2D eigenvalue weighted by atomic mass is 10.1. The molecule has 0 saturated heterocycles. The summed E-state index contributed by atoms with van der Waals surface area (Å²) in [7, 11) is -1.77. The van der Waals surface area contributed by atoms with Crippen molar-refractivity contribution in [2.24, 2.45) is 0 Å². The third-order valence-corrected chi connectivity index (χ3v) is 7.94. The molecular weight excluding hydrogens is 426 g/mol. The molecule has 6 nitrogen and oxygen atoms in total. The summed E-state index contributed by atoms with van der Waals surface area (Å²) < 4.78 is 37.2. The molecule has 0 fully saturated rings. The van der Waals surface area contributed by atoms with Crippen molar-refractivity contribution in [2.75, 3.05) is 25.3 Å². The first-order chi connectivity index (χ1) is 14.2. The molecule has 0 spiro atoms. The standard InChI is InChI=1S/C21H22FN2O4PS/c1-21(22,29(26,27-2)28-3)16-9-6-14(7-10-16)20(25)24-18-13-15(8-11-17(18)23)19-5-4-12-30-19/h4-13H,23H2,1-3H3,(H,24,25). The van der Waals surface area contributed by atoms with Crippen molar-refractivity contribution < 1.29 is 22.8 Å². The van der Waals surface area contributed by atoms with Crippen LogP contribution in [0, 0.1) is 0 Å². The highest BCUT2D eigenvalue weighted by Gasteiger charge is 2.48. The summed E-state index contributed by atoms with van der Waals surface area (Å²) in [4.78, 5) is 13.7. The summed E-state index contributed by atoms with van der Waals surface area (Å²) in [5, 5.41) is 2.38. The van der Waals surface area contributed by atoms with Gasteiger partial charge >= 0.3 is 7.60 Å². The third-order valence-electron chi connectivity index (χ3n) is 4.78. The van der Waals surface area contributed by atoms with Gasteiger partial charge in [0.1, 0.15) is 0 Å². The van der Waals surface area contributed by atoms with Crippen molar-refractivity contribution in [1.29, 1.82) is 0 Å². The first-order valence-electron chi connectivity index (χ1n) is 8.97. The minimum absolute atomic E-state index is 0.0743. The fraction of sp³-hybridized carbons (Fsp3) is 0.190. The van der Waals surface area contributed by atoms with Crippen LogP contribution in [-0.2, 0) is 19.0 Å². The summed E-state index contributed by atoms with van der Waals surface area (Å²) in [6, 6.07) is 15.0. The van der Waals surface area contributed by atoms with Gasteiger partial charge in [-0.25, -0.2) is 4.39 Å². The molecule has 0 aliphatic heterocycles. The molecule has 1 heterocycles. The van der Waals surface area contributed by atoms with E-state index in [0.717, 1.165) is 31.6 Å². The zero-order chi connectivity index (χ0) is 21.9. The van der Waals surface area contributed by atoms with Gasteiger partial charge < -0.3 is 20.1 Å². The summed E-state index contributed by atoms with van der Waals surface area (Å²) in [6.45, 7) is 1.12. The van der Waals surface area contributed by atoms with Crippen LogP contribution in [0.4, 0.5) is 15.8 Å². The number of halogens is 1. The van der Waals surface area contributed by atoms with E-state index in [1.165, 1.54) is 24.3 Å². The van der Waals surface area contributed by atoms with Crippen LogP contribution < -0.4 is 11.1 Å². The van der Waals surface area contributed by atoms with E-state index in [4.69, 9.17) is 14.8 Å². The van der Waals surface area contributed by atoms with E-state index >= 15 is 4.39 Å². The second-order valence-electron chi connectivity index (χ2n) is 6.63. The Morgan fingerprint density at radius 1 is 1.13 bits per heavy atom. The van der Waals surface area contributed by atoms with Crippen LogP contribution >= 0.6 is 18.9 Å². The van der Waals surface area contributed by atoms with E-state index in [1.54, 1.807) is 23.5 Å². The number of nitrogens with one attached hydrogen (secondary N) is 1. The van der Waals surface area contributed by atoms with Gasteiger partial charge in [-0.1, -0.05) is 24.3 Å². The zero-order valence-electron chi connectivity index (χ0n) is 16.7. The molecule has 0 aliphatic rings. The van der Waals surface area contributed by atoms with E-state index in [1.807, 2.05) is 23.6 Å². The fourth-order valence-electron chi connectivity index (χ4n) is 2.96. The number of carbonyl (C=O) groups is 1. The van der Waals surface area contributed by atoms with Crippen molar-refractivity contribution in [2.45, 2.75) is 12.3 Å². The maximum absolute atomic E-state index is 15.2. The Balaban J connectivity index is 1.82. The van der Waals surface area contributed by atoms with Gasteiger partial charge in [-0.05, 0) is 48.2 Å². The predicted octanol–water partition coefficient (Wildman–Crippen LogP) is 5.88. The third kappa shape index (κ3) is 4.18. The molecule has 3 N–H and O–H groups in total.